The molecule has 1 aromatic carbocycles. The number of hydrogen-bond donors (Lipinski definition) is 1. The standard InChI is InChI=1S/C13H11BrN2O/c14-12-5-1-3-10(7-12)8-16-13(17)11-4-2-6-15-9-11/h1-7,9H,8H2,(H,16,17). The first-order chi connectivity index (χ1) is 8.25. The minimum Gasteiger partial charge on any atom is -0.348 e. The molecular formula is C13H11BrN2O. The molecule has 0 radical (unpaired) electrons. The predicted octanol–water partition coefficient (Wildman–Crippen LogP) is 2.77. The number of carbonyl (C=O) groups excluding carboxylic acids is 1. The van der Waals surface area contributed by atoms with Crippen LogP contribution in [-0.2, 0) is 6.54 Å². The average Bonchev–Trinajstić information content (AvgIpc) is 2.37. The molecule has 0 aliphatic heterocycles. The van der Waals surface area contributed by atoms with Gasteiger partial charge in [-0.1, -0.05) is 28.1 Å². The Hall–Kier alpha value is -1.68. The fraction of sp³-hybridized carbons (Fsp3) is 0.0769. The number of carbonyl (C=O) groups is 1. The highest BCUT2D eigenvalue weighted by Gasteiger charge is 2.04. The van der Waals surface area contributed by atoms with Crippen LogP contribution in [0.4, 0.5) is 0 Å². The molecule has 17 heavy (non-hydrogen) atoms. The predicted molar refractivity (Wildman–Crippen MR) is 69.5 cm³/mol. The van der Waals surface area contributed by atoms with Crippen LogP contribution in [0.5, 0.6) is 0 Å². The fourth-order valence-electron chi connectivity index (χ4n) is 1.43. The second kappa shape index (κ2) is 5.59. The van der Waals surface area contributed by atoms with Crippen molar-refractivity contribution >= 4 is 21.8 Å². The Labute approximate surface area is 108 Å². The lowest BCUT2D eigenvalue weighted by atomic mass is 10.2. The van der Waals surface area contributed by atoms with Crippen molar-refractivity contribution in [3.05, 3.63) is 64.4 Å². The zero-order valence-corrected chi connectivity index (χ0v) is 10.6. The van der Waals surface area contributed by atoms with E-state index in [1.54, 1.807) is 24.5 Å². The molecule has 0 spiro atoms. The third-order valence-corrected chi connectivity index (χ3v) is 2.76. The van der Waals surface area contributed by atoms with Gasteiger partial charge in [-0.05, 0) is 29.8 Å². The van der Waals surface area contributed by atoms with Crippen molar-refractivity contribution in [2.75, 3.05) is 0 Å². The fourth-order valence-corrected chi connectivity index (χ4v) is 1.88. The van der Waals surface area contributed by atoms with E-state index in [1.165, 1.54) is 0 Å². The van der Waals surface area contributed by atoms with Crippen LogP contribution in [0.15, 0.2) is 53.3 Å². The molecule has 0 saturated heterocycles. The number of rotatable bonds is 3. The molecule has 2 aromatic rings. The van der Waals surface area contributed by atoms with Gasteiger partial charge >= 0.3 is 0 Å². The Morgan fingerprint density at radius 1 is 1.29 bits per heavy atom. The van der Waals surface area contributed by atoms with Crippen molar-refractivity contribution in [2.45, 2.75) is 6.54 Å². The largest absolute Gasteiger partial charge is 0.348 e. The summed E-state index contributed by atoms with van der Waals surface area (Å²) < 4.78 is 1.01. The molecule has 0 saturated carbocycles. The zero-order chi connectivity index (χ0) is 12.1. The normalized spacial score (nSPS) is 9.94. The van der Waals surface area contributed by atoms with E-state index >= 15 is 0 Å². The van der Waals surface area contributed by atoms with Crippen molar-refractivity contribution < 1.29 is 4.79 Å². The molecule has 0 aliphatic rings. The summed E-state index contributed by atoms with van der Waals surface area (Å²) in [6.45, 7) is 0.507. The van der Waals surface area contributed by atoms with Crippen molar-refractivity contribution in [1.29, 1.82) is 0 Å². The molecule has 2 rings (SSSR count). The van der Waals surface area contributed by atoms with Crippen LogP contribution in [-0.4, -0.2) is 10.9 Å². The molecule has 3 nitrogen and oxygen atoms in total. The number of amides is 1. The van der Waals surface area contributed by atoms with E-state index in [4.69, 9.17) is 0 Å². The lowest BCUT2D eigenvalue weighted by Crippen LogP contribution is -2.22. The van der Waals surface area contributed by atoms with Gasteiger partial charge in [0.25, 0.3) is 5.91 Å². The first-order valence-corrected chi connectivity index (χ1v) is 5.97. The molecule has 86 valence electrons. The number of aromatic nitrogens is 1. The van der Waals surface area contributed by atoms with E-state index in [0.717, 1.165) is 10.0 Å². The summed E-state index contributed by atoms with van der Waals surface area (Å²) in [7, 11) is 0. The topological polar surface area (TPSA) is 42.0 Å². The number of halogens is 1. The third kappa shape index (κ3) is 3.39. The monoisotopic (exact) mass is 290 g/mol. The van der Waals surface area contributed by atoms with Crippen molar-refractivity contribution in [2.24, 2.45) is 0 Å². The summed E-state index contributed by atoms with van der Waals surface area (Å²) in [5, 5.41) is 2.84. The summed E-state index contributed by atoms with van der Waals surface area (Å²) in [6.07, 6.45) is 3.20. The molecule has 0 unspecified atom stereocenters. The lowest BCUT2D eigenvalue weighted by Gasteiger charge is -2.05. The van der Waals surface area contributed by atoms with Crippen molar-refractivity contribution in [1.82, 2.24) is 10.3 Å². The molecule has 1 heterocycles. The number of hydrogen-bond acceptors (Lipinski definition) is 2. The number of pyridine rings is 1. The van der Waals surface area contributed by atoms with E-state index in [1.807, 2.05) is 24.3 Å². The van der Waals surface area contributed by atoms with Crippen LogP contribution in [0, 0.1) is 0 Å². The molecule has 1 N–H and O–H groups in total. The van der Waals surface area contributed by atoms with Gasteiger partial charge in [0.05, 0.1) is 5.56 Å². The molecule has 0 atom stereocenters. The minimum atomic E-state index is -0.113. The van der Waals surface area contributed by atoms with Gasteiger partial charge in [0.15, 0.2) is 0 Å². The van der Waals surface area contributed by atoms with Crippen LogP contribution >= 0.6 is 15.9 Å². The van der Waals surface area contributed by atoms with E-state index in [2.05, 4.69) is 26.2 Å². The number of benzene rings is 1. The first-order valence-electron chi connectivity index (χ1n) is 5.18. The summed E-state index contributed by atoms with van der Waals surface area (Å²) in [4.78, 5) is 15.6. The summed E-state index contributed by atoms with van der Waals surface area (Å²) in [5.74, 6) is -0.113. The summed E-state index contributed by atoms with van der Waals surface area (Å²) >= 11 is 3.39. The maximum absolute atomic E-state index is 11.7. The molecule has 0 aliphatic carbocycles. The third-order valence-electron chi connectivity index (χ3n) is 2.27. The Kier molecular flexibility index (Phi) is 3.88. The van der Waals surface area contributed by atoms with Crippen LogP contribution in [0.2, 0.25) is 0 Å². The molecular weight excluding hydrogens is 280 g/mol. The second-order valence-corrected chi connectivity index (χ2v) is 4.47. The number of nitrogens with zero attached hydrogens (tertiary/aromatic N) is 1. The molecule has 1 amide bonds. The maximum atomic E-state index is 11.7. The highest BCUT2D eigenvalue weighted by molar-refractivity contribution is 9.10. The molecule has 1 aromatic heterocycles. The van der Waals surface area contributed by atoms with E-state index in [0.29, 0.717) is 12.1 Å². The van der Waals surface area contributed by atoms with E-state index in [9.17, 15) is 4.79 Å². The molecule has 0 fully saturated rings. The van der Waals surface area contributed by atoms with Gasteiger partial charge in [-0.25, -0.2) is 0 Å². The van der Waals surface area contributed by atoms with E-state index in [-0.39, 0.29) is 5.91 Å². The SMILES string of the molecule is O=C(NCc1cccc(Br)c1)c1cccnc1. The average molecular weight is 291 g/mol. The zero-order valence-electron chi connectivity index (χ0n) is 9.06. The molecule has 0 bridgehead atoms. The van der Waals surface area contributed by atoms with Gasteiger partial charge in [0, 0.05) is 23.4 Å². The van der Waals surface area contributed by atoms with Crippen molar-refractivity contribution in [3.8, 4) is 0 Å². The van der Waals surface area contributed by atoms with E-state index < -0.39 is 0 Å². The lowest BCUT2D eigenvalue weighted by molar-refractivity contribution is 0.0950. The van der Waals surface area contributed by atoms with Crippen LogP contribution in [0.25, 0.3) is 0 Å². The van der Waals surface area contributed by atoms with Gasteiger partial charge < -0.3 is 5.32 Å². The quantitative estimate of drug-likeness (QED) is 0.944. The van der Waals surface area contributed by atoms with Gasteiger partial charge in [0.1, 0.15) is 0 Å². The maximum Gasteiger partial charge on any atom is 0.253 e. The number of nitrogens with one attached hydrogen (secondary N) is 1. The first kappa shape index (κ1) is 11.8. The van der Waals surface area contributed by atoms with Crippen LogP contribution in [0.1, 0.15) is 15.9 Å². The Bertz CT molecular complexity index is 514. The summed E-state index contributed by atoms with van der Waals surface area (Å²) in [5.41, 5.74) is 1.62. The van der Waals surface area contributed by atoms with Crippen LogP contribution < -0.4 is 5.32 Å². The van der Waals surface area contributed by atoms with Gasteiger partial charge in [-0.3, -0.25) is 9.78 Å². The van der Waals surface area contributed by atoms with Gasteiger partial charge in [-0.2, -0.15) is 0 Å². The van der Waals surface area contributed by atoms with Gasteiger partial charge in [0.2, 0.25) is 0 Å². The Balaban J connectivity index is 1.97. The van der Waals surface area contributed by atoms with Gasteiger partial charge in [-0.15, -0.1) is 0 Å². The smallest absolute Gasteiger partial charge is 0.253 e. The molecule has 4 heteroatoms. The van der Waals surface area contributed by atoms with Crippen molar-refractivity contribution in [3.63, 3.8) is 0 Å². The minimum absolute atomic E-state index is 0.113. The Morgan fingerprint density at radius 2 is 2.18 bits per heavy atom. The second-order valence-electron chi connectivity index (χ2n) is 3.55. The highest BCUT2D eigenvalue weighted by Crippen LogP contribution is 2.11. The van der Waals surface area contributed by atoms with Crippen LogP contribution in [0.3, 0.4) is 0 Å². The highest BCUT2D eigenvalue weighted by atomic mass is 79.9. The summed E-state index contributed by atoms with van der Waals surface area (Å²) in [6, 6.07) is 11.3. The Morgan fingerprint density at radius 3 is 2.88 bits per heavy atom.